The molecule has 0 bridgehead atoms. The van der Waals surface area contributed by atoms with E-state index < -0.39 is 37.3 Å². The zero-order valence-electron chi connectivity index (χ0n) is 71.1. The number of esters is 3. The van der Waals surface area contributed by atoms with Crippen molar-refractivity contribution < 1.29 is 117 Å². The van der Waals surface area contributed by atoms with E-state index in [1.807, 2.05) is 44.2 Å². The van der Waals surface area contributed by atoms with Gasteiger partial charge >= 0.3 is 35.1 Å². The Balaban J connectivity index is 1.33. The molecule has 3 saturated heterocycles. The molecule has 115 heavy (non-hydrogen) atoms. The van der Waals surface area contributed by atoms with E-state index in [2.05, 4.69) is 61.4 Å². The molecule has 0 spiro atoms. The van der Waals surface area contributed by atoms with Crippen molar-refractivity contribution in [1.82, 2.24) is 5.32 Å². The molecule has 0 aromatic heterocycles. The van der Waals surface area contributed by atoms with Gasteiger partial charge in [-0.1, -0.05) is 124 Å². The van der Waals surface area contributed by atoms with Gasteiger partial charge < -0.3 is 118 Å². The fourth-order valence-electron chi connectivity index (χ4n) is 13.1. The molecular weight excluding hydrogens is 1550 g/mol. The zero-order chi connectivity index (χ0) is 83.7. The lowest BCUT2D eigenvalue weighted by Gasteiger charge is -2.44. The van der Waals surface area contributed by atoms with Crippen LogP contribution in [0.25, 0.3) is 14.5 Å². The molecule has 1 aromatic carbocycles. The van der Waals surface area contributed by atoms with E-state index in [9.17, 15) is 19.2 Å². The van der Waals surface area contributed by atoms with Gasteiger partial charge in [-0.3, -0.25) is 19.2 Å². The highest BCUT2D eigenvalue weighted by Crippen LogP contribution is 2.43. The maximum absolute atomic E-state index is 12.2. The van der Waals surface area contributed by atoms with Crippen LogP contribution in [0.5, 0.6) is 0 Å². The highest BCUT2D eigenvalue weighted by molar-refractivity contribution is 7.47. The van der Waals surface area contributed by atoms with E-state index >= 15 is 0 Å². The minimum absolute atomic E-state index is 0.0190. The quantitative estimate of drug-likeness (QED) is 0.0208. The summed E-state index contributed by atoms with van der Waals surface area (Å²) < 4.78 is 129. The van der Waals surface area contributed by atoms with E-state index in [1.54, 1.807) is 0 Å². The molecule has 32 heteroatoms. The lowest BCUT2D eigenvalue weighted by molar-refractivity contribution is -0.255. The number of hydrogen-bond acceptors (Lipinski definition) is 25. The molecule has 1 amide bonds. The smallest absolute Gasteiger partial charge is 0.332 e. The van der Waals surface area contributed by atoms with Gasteiger partial charge in [-0.05, 0) is 98.9 Å². The lowest BCUT2D eigenvalue weighted by atomic mass is 9.79. The van der Waals surface area contributed by atoms with Crippen molar-refractivity contribution in [3.8, 4) is 0 Å². The van der Waals surface area contributed by atoms with Gasteiger partial charge in [0.05, 0.1) is 102 Å². The van der Waals surface area contributed by atoms with Gasteiger partial charge in [0.25, 0.3) is 0 Å². The average molecular weight is 1690 g/mol. The Morgan fingerprint density at radius 1 is 0.383 bits per heavy atom. The van der Waals surface area contributed by atoms with Gasteiger partial charge in [0.1, 0.15) is 33.0 Å². The Kier molecular flexibility index (Phi) is 57.6. The Hall–Kier alpha value is -3.86. The Morgan fingerprint density at radius 3 is 1.13 bits per heavy atom. The van der Waals surface area contributed by atoms with Crippen LogP contribution < -0.4 is 5.32 Å². The van der Waals surface area contributed by atoms with Crippen LogP contribution in [0.15, 0.2) is 30.3 Å². The molecule has 3 aliphatic rings. The third kappa shape index (κ3) is 45.6. The highest BCUT2D eigenvalue weighted by Gasteiger charge is 2.44. The molecule has 0 saturated carbocycles. The minimum atomic E-state index is -1.72. The first-order valence-electron chi connectivity index (χ1n) is 41.9. The van der Waals surface area contributed by atoms with Crippen molar-refractivity contribution in [2.75, 3.05) is 165 Å². The third-order valence-electron chi connectivity index (χ3n) is 20.9. The summed E-state index contributed by atoms with van der Waals surface area (Å²) in [6, 6.07) is 9.60. The molecule has 3 fully saturated rings. The van der Waals surface area contributed by atoms with E-state index in [0.29, 0.717) is 123 Å². The fourth-order valence-corrected chi connectivity index (χ4v) is 16.5. The summed E-state index contributed by atoms with van der Waals surface area (Å²) in [5.41, 5.74) is 0.234. The summed E-state index contributed by atoms with van der Waals surface area (Å²) in [6.45, 7) is 52.5. The molecule has 9 unspecified atom stereocenters. The standard InChI is InChI=1S/C83H141N4O25P3/c1-63-65(3)76(56-99-72(10)89)110-80(69(63)7)96-43-25-17-20-29-47-104-114(108-52-38-85-14)106-50-33-41-93-60-83(62-95-55-75-35-23-22-24-36-75,61-94-42-34-51-107-115(109-53-39-86-15)105-48-30-21-18-26-44-97-81-70(8)64(2)66(4)77(111-81)57-100-73(11)90)59-92-40-32-49-103-113(54-31-37-84-13)102-46-28-19-16-27-45-98-82-79(87-71(9)88)68(6)67(5)78(112-82)58-101-74(12)91/h22-24,35-36,63-70,76-82H,16-21,25-34,37-62H2,1-12H3,(H,87,88)/t63-,64-,65+,66+,67+,68-,69?,70?,76?,77?,78?,79?,80+,81+,82+,83?,113?,114?,115?/m0/s1. The van der Waals surface area contributed by atoms with Gasteiger partial charge in [-0.15, -0.1) is 0 Å². The summed E-state index contributed by atoms with van der Waals surface area (Å²) >= 11 is 0. The van der Waals surface area contributed by atoms with Crippen molar-refractivity contribution in [1.29, 1.82) is 0 Å². The van der Waals surface area contributed by atoms with Crippen LogP contribution in [0.2, 0.25) is 0 Å². The first-order valence-corrected chi connectivity index (χ1v) is 45.4. The molecule has 1 N–H and O–H groups in total. The van der Waals surface area contributed by atoms with Gasteiger partial charge in [0.2, 0.25) is 25.5 Å². The number of nitrogens with one attached hydrogen (secondary N) is 1. The molecule has 3 heterocycles. The third-order valence-corrected chi connectivity index (χ3v) is 24.9. The maximum Gasteiger partial charge on any atom is 0.332 e. The molecule has 29 nitrogen and oxygen atoms in total. The molecule has 0 radical (unpaired) electrons. The molecule has 1 aromatic rings. The van der Waals surface area contributed by atoms with E-state index in [4.69, 9.17) is 117 Å². The van der Waals surface area contributed by atoms with E-state index in [-0.39, 0.29) is 182 Å². The Labute approximate surface area is 691 Å². The number of ether oxygens (including phenoxy) is 13. The minimum Gasteiger partial charge on any atom is -0.463 e. The van der Waals surface area contributed by atoms with E-state index in [1.165, 1.54) is 27.7 Å². The first kappa shape index (κ1) is 103. The second-order valence-electron chi connectivity index (χ2n) is 30.4. The number of carbonyl (C=O) groups excluding carboxylic acids is 4. The monoisotopic (exact) mass is 1690 g/mol. The number of benzene rings is 1. The number of nitrogens with zero attached hydrogens (tertiary/aromatic N) is 3. The van der Waals surface area contributed by atoms with Crippen molar-refractivity contribution >= 4 is 49.4 Å². The zero-order valence-corrected chi connectivity index (χ0v) is 73.8. The molecule has 658 valence electrons. The van der Waals surface area contributed by atoms with Crippen LogP contribution in [0.3, 0.4) is 0 Å². The number of hydrogen-bond donors (Lipinski definition) is 1. The predicted molar refractivity (Wildman–Crippen MR) is 437 cm³/mol. The number of amides is 1. The highest BCUT2D eigenvalue weighted by atomic mass is 31.2. The van der Waals surface area contributed by atoms with Crippen molar-refractivity contribution in [3.05, 3.63) is 70.1 Å². The number of unbranched alkanes of at least 4 members (excludes halogenated alkanes) is 9. The topological polar surface area (TPSA) is 287 Å². The summed E-state index contributed by atoms with van der Waals surface area (Å²) in [7, 11) is -4.70. The van der Waals surface area contributed by atoms with Crippen molar-refractivity contribution in [2.24, 2.45) is 52.8 Å². The van der Waals surface area contributed by atoms with E-state index in [0.717, 1.165) is 82.6 Å². The van der Waals surface area contributed by atoms with Crippen LogP contribution in [-0.2, 0) is 124 Å². The Bertz CT molecular complexity index is 2730. The number of rotatable bonds is 68. The van der Waals surface area contributed by atoms with Crippen LogP contribution in [0.4, 0.5) is 0 Å². The van der Waals surface area contributed by atoms with Gasteiger partial charge in [-0.25, -0.2) is 19.7 Å². The van der Waals surface area contributed by atoms with Crippen LogP contribution in [0.1, 0.15) is 191 Å². The molecule has 4 rings (SSSR count). The summed E-state index contributed by atoms with van der Waals surface area (Å²) in [5.74, 6) is 0.367. The van der Waals surface area contributed by atoms with Crippen LogP contribution >= 0.6 is 25.6 Å². The lowest BCUT2D eigenvalue weighted by Crippen LogP contribution is -2.58. The molecule has 3 aliphatic heterocycles. The van der Waals surface area contributed by atoms with Crippen molar-refractivity contribution in [2.45, 2.75) is 236 Å². The van der Waals surface area contributed by atoms with Gasteiger partial charge in [0.15, 0.2) is 27.2 Å². The van der Waals surface area contributed by atoms with Gasteiger partial charge in [-0.2, -0.15) is 0 Å². The van der Waals surface area contributed by atoms with Gasteiger partial charge in [0, 0.05) is 91.8 Å². The van der Waals surface area contributed by atoms with Crippen molar-refractivity contribution in [3.63, 3.8) is 0 Å². The first-order chi connectivity index (χ1) is 55.6. The average Bonchev–Trinajstić information content (AvgIpc) is 0.821. The normalized spacial score (nSPS) is 24.8. The summed E-state index contributed by atoms with van der Waals surface area (Å²) in [5, 5.41) is 3.01. The molecular formula is C83H141N4O25P3. The maximum atomic E-state index is 12.2. The second kappa shape index (κ2) is 64.0. The SMILES string of the molecule is [C-]#[N+]CCCP(OCCCCCCO[C@@H]1OC(COC(C)=O)[C@H](C)[C@H](C)C1NC(C)=O)OCCCOCC(COCCCOP(OCCCCCCO[C@@H]1OC(COC(C)=O)[C@H](C)[C@H](C)C1C)OCC[N+]#[C-])(COCCCOP(OCCCCCCO[C@@H]1OC(COC(C)=O)[C@H](C)[C@H](C)C1C)OCC[N+]#[C-])COCc1ccccc1. The Morgan fingerprint density at radius 2 is 0.730 bits per heavy atom. The predicted octanol–water partition coefficient (Wildman–Crippen LogP) is 15.6. The summed E-state index contributed by atoms with van der Waals surface area (Å²) in [6.07, 6.45) is 11.0. The molecule has 0 aliphatic carbocycles. The number of carbonyl (C=O) groups is 4. The largest absolute Gasteiger partial charge is 0.463 e. The molecule has 18 atom stereocenters. The van der Waals surface area contributed by atoms with Crippen LogP contribution in [0, 0.1) is 72.5 Å². The summed E-state index contributed by atoms with van der Waals surface area (Å²) in [4.78, 5) is 57.3. The second-order valence-corrected chi connectivity index (χ2v) is 34.4. The van der Waals surface area contributed by atoms with Crippen LogP contribution in [-0.4, -0.2) is 232 Å². The fraction of sp³-hybridized carbons (Fsp3) is 0.843.